The Hall–Kier alpha value is -2.10. The highest BCUT2D eigenvalue weighted by atomic mass is 16.6. The minimum absolute atomic E-state index is 0.184. The lowest BCUT2D eigenvalue weighted by atomic mass is 10.1. The Bertz CT molecular complexity index is 526. The molecule has 1 rings (SSSR count). The van der Waals surface area contributed by atoms with Crippen LogP contribution in [0.25, 0.3) is 0 Å². The number of hydrogen-bond acceptors (Lipinski definition) is 4. The fourth-order valence-electron chi connectivity index (χ4n) is 1.55. The van der Waals surface area contributed by atoms with Crippen LogP contribution in [0.1, 0.15) is 43.1 Å². The van der Waals surface area contributed by atoms with Crippen molar-refractivity contribution in [1.29, 1.82) is 0 Å². The van der Waals surface area contributed by atoms with Crippen molar-refractivity contribution in [2.75, 3.05) is 6.61 Å². The van der Waals surface area contributed by atoms with Gasteiger partial charge in [0.05, 0.1) is 12.2 Å². The predicted molar refractivity (Wildman–Crippen MR) is 81.1 cm³/mol. The largest absolute Gasteiger partial charge is 0.462 e. The Morgan fingerprint density at radius 2 is 1.76 bits per heavy atom. The molecule has 0 heterocycles. The lowest BCUT2D eigenvalue weighted by molar-refractivity contribution is -0.152. The molecule has 0 fully saturated rings. The van der Waals surface area contributed by atoms with Crippen molar-refractivity contribution >= 4 is 11.9 Å². The highest BCUT2D eigenvalue weighted by molar-refractivity contribution is 5.89. The third-order valence-corrected chi connectivity index (χ3v) is 2.94. The molecular formula is C17H22O4. The second-order valence-corrected chi connectivity index (χ2v) is 5.68. The molecule has 0 unspecified atom stereocenters. The first kappa shape index (κ1) is 17.0. The maximum atomic E-state index is 11.8. The summed E-state index contributed by atoms with van der Waals surface area (Å²) in [6, 6.07) is 7.16. The highest BCUT2D eigenvalue weighted by Gasteiger charge is 2.23. The summed E-state index contributed by atoms with van der Waals surface area (Å²) in [7, 11) is 0. The molecule has 0 amide bonds. The fourth-order valence-corrected chi connectivity index (χ4v) is 1.55. The second-order valence-electron chi connectivity index (χ2n) is 5.68. The monoisotopic (exact) mass is 290 g/mol. The number of aryl methyl sites for hydroxylation is 1. The first-order chi connectivity index (χ1) is 9.71. The highest BCUT2D eigenvalue weighted by Crippen LogP contribution is 2.17. The molecular weight excluding hydrogens is 268 g/mol. The van der Waals surface area contributed by atoms with Gasteiger partial charge in [0.15, 0.2) is 0 Å². The van der Waals surface area contributed by atoms with E-state index in [-0.39, 0.29) is 12.6 Å². The average Bonchev–Trinajstić information content (AvgIpc) is 2.38. The van der Waals surface area contributed by atoms with Crippen LogP contribution in [-0.2, 0) is 14.3 Å². The minimum atomic E-state index is -0.705. The van der Waals surface area contributed by atoms with Gasteiger partial charge >= 0.3 is 11.9 Å². The molecule has 0 aromatic heterocycles. The Morgan fingerprint density at radius 3 is 2.29 bits per heavy atom. The number of benzene rings is 1. The van der Waals surface area contributed by atoms with E-state index in [0.717, 1.165) is 5.56 Å². The molecule has 4 nitrogen and oxygen atoms in total. The van der Waals surface area contributed by atoms with Crippen molar-refractivity contribution < 1.29 is 19.1 Å². The molecule has 0 N–H and O–H groups in total. The molecule has 114 valence electrons. The summed E-state index contributed by atoms with van der Waals surface area (Å²) in [4.78, 5) is 23.3. The van der Waals surface area contributed by atoms with Gasteiger partial charge in [0.25, 0.3) is 0 Å². The summed E-state index contributed by atoms with van der Waals surface area (Å²) in [5.41, 5.74) is 1.24. The summed E-state index contributed by atoms with van der Waals surface area (Å²) >= 11 is 0. The Labute approximate surface area is 125 Å². The van der Waals surface area contributed by atoms with E-state index in [1.54, 1.807) is 32.9 Å². The number of esters is 2. The van der Waals surface area contributed by atoms with Crippen LogP contribution in [0, 0.1) is 6.92 Å². The molecule has 0 spiro atoms. The molecule has 0 aliphatic rings. The van der Waals surface area contributed by atoms with Gasteiger partial charge in [-0.05, 0) is 39.8 Å². The number of hydrogen-bond donors (Lipinski definition) is 0. The first-order valence-corrected chi connectivity index (χ1v) is 6.84. The summed E-state index contributed by atoms with van der Waals surface area (Å²) in [5.74, 6) is -0.818. The van der Waals surface area contributed by atoms with Crippen LogP contribution in [0.3, 0.4) is 0 Å². The average molecular weight is 290 g/mol. The molecule has 0 aliphatic heterocycles. The van der Waals surface area contributed by atoms with Crippen molar-refractivity contribution in [2.24, 2.45) is 0 Å². The molecule has 0 aliphatic carbocycles. The van der Waals surface area contributed by atoms with Crippen LogP contribution < -0.4 is 0 Å². The van der Waals surface area contributed by atoms with Gasteiger partial charge in [-0.3, -0.25) is 0 Å². The van der Waals surface area contributed by atoms with Crippen molar-refractivity contribution in [1.82, 2.24) is 0 Å². The van der Waals surface area contributed by atoms with E-state index in [4.69, 9.17) is 9.47 Å². The normalized spacial score (nSPS) is 10.9. The van der Waals surface area contributed by atoms with Gasteiger partial charge in [-0.25, -0.2) is 9.59 Å². The molecule has 0 bridgehead atoms. The fraction of sp³-hybridized carbons (Fsp3) is 0.412. The van der Waals surface area contributed by atoms with Crippen molar-refractivity contribution in [3.05, 3.63) is 47.5 Å². The topological polar surface area (TPSA) is 52.6 Å². The maximum absolute atomic E-state index is 11.8. The minimum Gasteiger partial charge on any atom is -0.462 e. The molecule has 0 atom stereocenters. The van der Waals surface area contributed by atoms with Gasteiger partial charge in [-0.15, -0.1) is 0 Å². The van der Waals surface area contributed by atoms with Crippen LogP contribution >= 0.6 is 0 Å². The molecule has 4 heteroatoms. The van der Waals surface area contributed by atoms with E-state index in [1.165, 1.54) is 0 Å². The quantitative estimate of drug-likeness (QED) is 0.595. The predicted octanol–water partition coefficient (Wildman–Crippen LogP) is 3.44. The third-order valence-electron chi connectivity index (χ3n) is 2.94. The molecule has 21 heavy (non-hydrogen) atoms. The van der Waals surface area contributed by atoms with Crippen LogP contribution in [0.5, 0.6) is 0 Å². The zero-order chi connectivity index (χ0) is 16.0. The van der Waals surface area contributed by atoms with E-state index >= 15 is 0 Å². The van der Waals surface area contributed by atoms with Gasteiger partial charge in [-0.2, -0.15) is 0 Å². The summed E-state index contributed by atoms with van der Waals surface area (Å²) < 4.78 is 10.5. The van der Waals surface area contributed by atoms with Crippen LogP contribution in [0.4, 0.5) is 0 Å². The van der Waals surface area contributed by atoms with Crippen molar-refractivity contribution in [3.8, 4) is 0 Å². The molecule has 0 saturated heterocycles. The number of rotatable bonds is 6. The van der Waals surface area contributed by atoms with E-state index in [1.807, 2.05) is 19.1 Å². The lowest BCUT2D eigenvalue weighted by Crippen LogP contribution is -2.30. The standard InChI is InChI=1S/C17H22O4/c1-12(2)15(18)21-17(4,5)10-11-20-16(19)14-8-6-13(3)7-9-14/h6-9H,1,10-11H2,2-5H3. The van der Waals surface area contributed by atoms with E-state index < -0.39 is 11.6 Å². The van der Waals surface area contributed by atoms with Gasteiger partial charge in [-0.1, -0.05) is 24.3 Å². The molecule has 1 aromatic rings. The zero-order valence-corrected chi connectivity index (χ0v) is 13.1. The van der Waals surface area contributed by atoms with Gasteiger partial charge in [0.1, 0.15) is 5.60 Å². The first-order valence-electron chi connectivity index (χ1n) is 6.84. The zero-order valence-electron chi connectivity index (χ0n) is 13.1. The van der Waals surface area contributed by atoms with Gasteiger partial charge < -0.3 is 9.47 Å². The van der Waals surface area contributed by atoms with Crippen LogP contribution in [0.2, 0.25) is 0 Å². The maximum Gasteiger partial charge on any atom is 0.338 e. The number of carbonyl (C=O) groups excluding carboxylic acids is 2. The Kier molecular flexibility index (Phi) is 5.70. The molecule has 0 saturated carbocycles. The smallest absolute Gasteiger partial charge is 0.338 e. The Morgan fingerprint density at radius 1 is 1.19 bits per heavy atom. The summed E-state index contributed by atoms with van der Waals surface area (Å²) in [5, 5.41) is 0. The van der Waals surface area contributed by atoms with E-state index in [2.05, 4.69) is 6.58 Å². The summed E-state index contributed by atoms with van der Waals surface area (Å²) in [6.07, 6.45) is 0.420. The molecule has 1 aromatic carbocycles. The summed E-state index contributed by atoms with van der Waals surface area (Å²) in [6.45, 7) is 10.8. The number of ether oxygens (including phenoxy) is 2. The van der Waals surface area contributed by atoms with E-state index in [0.29, 0.717) is 17.6 Å². The Balaban J connectivity index is 2.45. The van der Waals surface area contributed by atoms with Crippen molar-refractivity contribution in [2.45, 2.75) is 39.7 Å². The van der Waals surface area contributed by atoms with Gasteiger partial charge in [0.2, 0.25) is 0 Å². The second kappa shape index (κ2) is 7.07. The van der Waals surface area contributed by atoms with E-state index in [9.17, 15) is 9.59 Å². The third kappa shape index (κ3) is 5.81. The molecule has 0 radical (unpaired) electrons. The van der Waals surface area contributed by atoms with Gasteiger partial charge in [0, 0.05) is 12.0 Å². The SMILES string of the molecule is C=C(C)C(=O)OC(C)(C)CCOC(=O)c1ccc(C)cc1. The lowest BCUT2D eigenvalue weighted by Gasteiger charge is -2.24. The van der Waals surface area contributed by atoms with Crippen LogP contribution in [0.15, 0.2) is 36.4 Å². The van der Waals surface area contributed by atoms with Crippen molar-refractivity contribution in [3.63, 3.8) is 0 Å². The number of carbonyl (C=O) groups is 2. The van der Waals surface area contributed by atoms with Crippen LogP contribution in [-0.4, -0.2) is 24.1 Å².